The van der Waals surface area contributed by atoms with E-state index in [4.69, 9.17) is 45.6 Å². The number of carbonyl (C=O) groups is 3. The van der Waals surface area contributed by atoms with Crippen LogP contribution < -0.4 is 26.0 Å². The molecular formula is C54H87BClF3N13O15S. The van der Waals surface area contributed by atoms with E-state index in [9.17, 15) is 51.4 Å². The molecule has 0 amide bonds. The van der Waals surface area contributed by atoms with Gasteiger partial charge in [-0.25, -0.2) is 8.42 Å². The summed E-state index contributed by atoms with van der Waals surface area (Å²) < 4.78 is 80.8. The van der Waals surface area contributed by atoms with E-state index >= 15 is 0 Å². The zero-order valence-corrected chi connectivity index (χ0v) is 50.0. The zero-order chi connectivity index (χ0) is 63.2. The summed E-state index contributed by atoms with van der Waals surface area (Å²) in [6.45, 7) is 13.0. The maximum atomic E-state index is 12.5. The number of aliphatic hydroxyl groups is 1. The van der Waals surface area contributed by atoms with E-state index in [1.165, 1.54) is 29.8 Å². The molecule has 6 N–H and O–H groups in total. The molecule has 88 heavy (non-hydrogen) atoms. The Balaban J connectivity index is -0.00000130. The van der Waals surface area contributed by atoms with Gasteiger partial charge in [-0.1, -0.05) is 70.8 Å². The fraction of sp³-hybridized carbons (Fsp3) is 0.574. The van der Waals surface area contributed by atoms with Crippen LogP contribution in [0.25, 0.3) is 0 Å². The summed E-state index contributed by atoms with van der Waals surface area (Å²) in [7, 11) is 2.91. The molecule has 6 rings (SSSR count). The molecule has 28 nitrogen and oxygen atoms in total. The number of esters is 2. The second-order valence-electron chi connectivity index (χ2n) is 18.7. The van der Waals surface area contributed by atoms with Gasteiger partial charge in [-0.05, 0) is 102 Å². The number of benzene rings is 2. The Hall–Kier alpha value is -7.30. The molecule has 495 valence electrons. The Morgan fingerprint density at radius 1 is 0.750 bits per heavy atom. The van der Waals surface area contributed by atoms with Crippen molar-refractivity contribution in [2.24, 2.45) is 0 Å². The first-order valence-corrected chi connectivity index (χ1v) is 28.0. The molecule has 0 saturated carbocycles. The molecule has 0 aliphatic carbocycles. The third-order valence-electron chi connectivity index (χ3n) is 11.5. The maximum absolute atomic E-state index is 12.5. The van der Waals surface area contributed by atoms with Crippen LogP contribution in [0.2, 0.25) is 0 Å². The molecule has 2 aliphatic heterocycles. The molecule has 4 aromatic rings. The standard InChI is InChI=1S/C24H34N6O6.C21H28N6O6S.C4H10O2.C2HF3O.3CH4.BHN.ClH/c1-4-35-20(31)15-29(14-19-9-7-8-18(12-19)13-28-10-5-6-11-28)23-21(30(32)33)22(25)26-24(27-23)36-17(2)16-34-3;1-3-33-17(28)14-26(13-16-8-6-7-15(11-16)12-25-9-4-5-10-25)20-18(27(29)30)19(22)23-21(24-20)34(2,31)32;1-4(5)3-6-2;3-2(4,5)1-6;;;;1-2;/h7-9,12,17H,4-6,10-11,13-16H2,1-3H3,(H2,25,26,27);6-8,11H,3-5,9-10,12-14H2,1-2H3,(H2,22,23,24);4-5H,3H2,1-2H3;1H;3*1H4;2H;1H/t17-;;4-;;;;;;/m1.1....../s1. The van der Waals surface area contributed by atoms with Gasteiger partial charge in [-0.15, -0.1) is 12.4 Å². The monoisotopic (exact) mass is 1290 g/mol. The zero-order valence-electron chi connectivity index (χ0n) is 48.4. The van der Waals surface area contributed by atoms with Crippen molar-refractivity contribution in [1.82, 2.24) is 29.7 Å². The van der Waals surface area contributed by atoms with Crippen LogP contribution in [0.3, 0.4) is 0 Å². The number of aliphatic hydroxyl groups excluding tert-OH is 1. The molecule has 0 spiro atoms. The average molecular weight is 1290 g/mol. The van der Waals surface area contributed by atoms with Gasteiger partial charge < -0.3 is 50.1 Å². The number of likely N-dealkylation sites (tertiary alicyclic amines) is 2. The van der Waals surface area contributed by atoms with Gasteiger partial charge in [-0.2, -0.15) is 33.1 Å². The number of nitro groups is 2. The first-order chi connectivity index (χ1) is 39.7. The number of ether oxygens (including phenoxy) is 5. The first-order valence-electron chi connectivity index (χ1n) is 26.1. The minimum absolute atomic E-state index is 0. The number of alkyl halides is 3. The summed E-state index contributed by atoms with van der Waals surface area (Å²) >= 11 is 0. The molecule has 2 fully saturated rings. The van der Waals surface area contributed by atoms with E-state index < -0.39 is 79.1 Å². The van der Waals surface area contributed by atoms with Crippen molar-refractivity contribution in [1.29, 1.82) is 5.31 Å². The number of carbonyl (C=O) groups excluding carboxylic acids is 3. The number of nitrogens with one attached hydrogen (secondary N) is 1. The Bertz CT molecular complexity index is 2870. The number of nitrogen functional groups attached to an aromatic ring is 2. The predicted molar refractivity (Wildman–Crippen MR) is 330 cm³/mol. The summed E-state index contributed by atoms with van der Waals surface area (Å²) in [6, 6.07) is 15.4. The van der Waals surface area contributed by atoms with E-state index in [-0.39, 0.29) is 104 Å². The van der Waals surface area contributed by atoms with Gasteiger partial charge in [0.2, 0.25) is 39.4 Å². The van der Waals surface area contributed by atoms with Crippen molar-refractivity contribution in [3.05, 3.63) is 91.0 Å². The molecule has 4 heterocycles. The van der Waals surface area contributed by atoms with Crippen LogP contribution in [0.1, 0.15) is 97.9 Å². The number of aldehydes is 1. The SMILES string of the molecule is C.C.C.CCOC(=O)CN(Cc1cccc(CN2CCCC2)c1)c1nc(O[C@H](C)COC)nc(N)c1[N+](=O)[O-].CCOC(=O)CN(Cc1cccc(CN2CCCC2)c1)c1nc(S(C)(=O)=O)nc(N)c1[N+](=O)[O-].COC[C@@H](C)O.Cl.O=CC(F)(F)F.[B]=N. The molecule has 0 unspecified atom stereocenters. The van der Waals surface area contributed by atoms with E-state index in [0.717, 1.165) is 80.6 Å². The molecule has 2 aliphatic rings. The van der Waals surface area contributed by atoms with Gasteiger partial charge in [0.25, 0.3) is 5.16 Å². The van der Waals surface area contributed by atoms with E-state index in [1.54, 1.807) is 34.8 Å². The topological polar surface area (TPSA) is 378 Å². The first kappa shape index (κ1) is 84.9. The van der Waals surface area contributed by atoms with Crippen molar-refractivity contribution < 1.29 is 74.6 Å². The van der Waals surface area contributed by atoms with Crippen LogP contribution >= 0.6 is 12.4 Å². The molecule has 2 atom stereocenters. The number of rotatable bonds is 25. The number of anilines is 4. The van der Waals surface area contributed by atoms with Gasteiger partial charge in [0.1, 0.15) is 19.2 Å². The normalized spacial score (nSPS) is 13.2. The van der Waals surface area contributed by atoms with Gasteiger partial charge >= 0.3 is 48.5 Å². The Labute approximate surface area is 520 Å². The third kappa shape index (κ3) is 31.1. The molecule has 2 saturated heterocycles. The number of methoxy groups -OCH3 is 2. The van der Waals surface area contributed by atoms with Crippen LogP contribution in [0, 0.1) is 25.5 Å². The molecule has 1 radical (unpaired) electrons. The van der Waals surface area contributed by atoms with Gasteiger partial charge in [0, 0.05) is 46.7 Å². The molecule has 34 heteroatoms. The second-order valence-corrected chi connectivity index (χ2v) is 20.6. The van der Waals surface area contributed by atoms with Crippen molar-refractivity contribution in [3.8, 4) is 6.01 Å². The minimum atomic E-state index is -4.64. The fourth-order valence-electron chi connectivity index (χ4n) is 8.21. The van der Waals surface area contributed by atoms with Gasteiger partial charge in [-0.3, -0.25) is 44.4 Å². The number of aromatic nitrogens is 4. The summed E-state index contributed by atoms with van der Waals surface area (Å²) in [6.07, 6.45) is -0.872. The Morgan fingerprint density at radius 3 is 1.45 bits per heavy atom. The Morgan fingerprint density at radius 2 is 1.12 bits per heavy atom. The quantitative estimate of drug-likeness (QED) is 0.0128. The number of hydrogen-bond acceptors (Lipinski definition) is 26. The van der Waals surface area contributed by atoms with Crippen LogP contribution in [-0.2, 0) is 69.3 Å². The molecule has 2 aromatic carbocycles. The number of nitrogens with two attached hydrogens (primary N) is 2. The van der Waals surface area contributed by atoms with E-state index in [0.29, 0.717) is 6.61 Å². The summed E-state index contributed by atoms with van der Waals surface area (Å²) in [4.78, 5) is 79.0. The van der Waals surface area contributed by atoms with Crippen LogP contribution in [-0.4, -0.2) is 184 Å². The van der Waals surface area contributed by atoms with Crippen molar-refractivity contribution in [2.75, 3.05) is 107 Å². The van der Waals surface area contributed by atoms with Crippen LogP contribution in [0.5, 0.6) is 6.01 Å². The number of hydrogen-bond donors (Lipinski definition) is 4. The van der Waals surface area contributed by atoms with Crippen molar-refractivity contribution in [2.45, 2.75) is 125 Å². The summed E-state index contributed by atoms with van der Waals surface area (Å²) in [5.41, 5.74) is 14.3. The average Bonchev–Trinajstić information content (AvgIpc) is 4.29. The van der Waals surface area contributed by atoms with E-state index in [1.807, 2.05) is 48.5 Å². The number of halogens is 4. The van der Waals surface area contributed by atoms with Crippen molar-refractivity contribution in [3.63, 3.8) is 0 Å². The van der Waals surface area contributed by atoms with Gasteiger partial charge in [0.15, 0.2) is 0 Å². The molecule has 2 aromatic heterocycles. The Kier molecular flexibility index (Phi) is 41.8. The van der Waals surface area contributed by atoms with Gasteiger partial charge in [0.05, 0.1) is 42.4 Å². The molecule has 0 bridgehead atoms. The number of nitrogens with zero attached hydrogens (tertiary/aromatic N) is 10. The third-order valence-corrected chi connectivity index (χ3v) is 12.3. The second kappa shape index (κ2) is 43.4. The molecular weight excluding hydrogens is 1210 g/mol. The number of sulfone groups is 1. The van der Waals surface area contributed by atoms with Crippen molar-refractivity contribution >= 4 is 82.8 Å². The van der Waals surface area contributed by atoms with Crippen LogP contribution in [0.15, 0.2) is 53.7 Å². The van der Waals surface area contributed by atoms with Crippen LogP contribution in [0.4, 0.5) is 47.8 Å². The van der Waals surface area contributed by atoms with E-state index in [2.05, 4.69) is 42.1 Å². The fourth-order valence-corrected chi connectivity index (χ4v) is 8.72. The summed E-state index contributed by atoms with van der Waals surface area (Å²) in [5, 5.41) is 36.7. The summed E-state index contributed by atoms with van der Waals surface area (Å²) in [5.74, 6) is -2.65. The predicted octanol–water partition coefficient (Wildman–Crippen LogP) is 7.09.